The number of nitrogens with zero attached hydrogens (tertiary/aromatic N) is 1. The highest BCUT2D eigenvalue weighted by atomic mass is 35.5. The van der Waals surface area contributed by atoms with Crippen molar-refractivity contribution in [3.05, 3.63) is 62.1 Å². The molecule has 2 aromatic rings. The molecule has 2 N–H and O–H groups in total. The first kappa shape index (κ1) is 20.9. The van der Waals surface area contributed by atoms with E-state index >= 15 is 0 Å². The number of hydrogen-bond acceptors (Lipinski definition) is 4. The van der Waals surface area contributed by atoms with E-state index in [1.54, 1.807) is 36.4 Å². The first-order valence-electron chi connectivity index (χ1n) is 7.80. The van der Waals surface area contributed by atoms with Crippen LogP contribution in [-0.4, -0.2) is 12.5 Å². The Hall–Kier alpha value is -2.39. The Morgan fingerprint density at radius 2 is 1.89 bits per heavy atom. The summed E-state index contributed by atoms with van der Waals surface area (Å²) in [5.74, 6) is -0.121. The number of rotatable bonds is 7. The summed E-state index contributed by atoms with van der Waals surface area (Å²) in [7, 11) is 0. The predicted molar refractivity (Wildman–Crippen MR) is 106 cm³/mol. The number of carbonyl (C=O) groups is 1. The Morgan fingerprint density at radius 1 is 1.15 bits per heavy atom. The lowest BCUT2D eigenvalue weighted by atomic mass is 10.1. The molecule has 0 atom stereocenters. The molecule has 0 saturated heterocycles. The lowest BCUT2D eigenvalue weighted by Crippen LogP contribution is -2.12. The molecule has 2 rings (SSSR count). The van der Waals surface area contributed by atoms with Gasteiger partial charge in [-0.05, 0) is 48.4 Å². The van der Waals surface area contributed by atoms with Crippen LogP contribution in [0.2, 0.25) is 15.1 Å². The van der Waals surface area contributed by atoms with Gasteiger partial charge in [0.1, 0.15) is 18.2 Å². The van der Waals surface area contributed by atoms with Gasteiger partial charge in [0.05, 0.1) is 21.7 Å². The van der Waals surface area contributed by atoms with Crippen LogP contribution in [0.1, 0.15) is 18.1 Å². The number of nitriles is 1. The van der Waals surface area contributed by atoms with Crippen LogP contribution in [0.3, 0.4) is 0 Å². The summed E-state index contributed by atoms with van der Waals surface area (Å²) in [4.78, 5) is 11.2. The number of carbonyl (C=O) groups excluding carboxylic acids is 1. The van der Waals surface area contributed by atoms with Gasteiger partial charge in [-0.1, -0.05) is 40.9 Å². The van der Waals surface area contributed by atoms with Gasteiger partial charge >= 0.3 is 0 Å². The zero-order valence-electron chi connectivity index (χ0n) is 14.3. The van der Waals surface area contributed by atoms with E-state index in [9.17, 15) is 4.79 Å². The van der Waals surface area contributed by atoms with Crippen LogP contribution in [-0.2, 0) is 11.4 Å². The Labute approximate surface area is 171 Å². The Bertz CT molecular complexity index is 937. The molecule has 1 amide bonds. The van der Waals surface area contributed by atoms with Crippen molar-refractivity contribution in [1.82, 2.24) is 0 Å². The highest BCUT2D eigenvalue weighted by Gasteiger charge is 2.14. The van der Waals surface area contributed by atoms with Gasteiger partial charge in [-0.2, -0.15) is 5.26 Å². The fourth-order valence-corrected chi connectivity index (χ4v) is 2.78. The second kappa shape index (κ2) is 9.52. The smallest absolute Gasteiger partial charge is 0.259 e. The van der Waals surface area contributed by atoms with Gasteiger partial charge in [0.15, 0.2) is 11.5 Å². The number of amides is 1. The second-order valence-corrected chi connectivity index (χ2v) is 6.56. The van der Waals surface area contributed by atoms with Crippen molar-refractivity contribution in [2.45, 2.75) is 13.5 Å². The molecule has 140 valence electrons. The number of benzene rings is 2. The Balaban J connectivity index is 2.34. The number of halogens is 3. The average Bonchev–Trinajstić information content (AvgIpc) is 2.61. The number of primary amides is 1. The maximum Gasteiger partial charge on any atom is 0.259 e. The summed E-state index contributed by atoms with van der Waals surface area (Å²) >= 11 is 18.2. The van der Waals surface area contributed by atoms with E-state index < -0.39 is 5.91 Å². The van der Waals surface area contributed by atoms with E-state index in [-0.39, 0.29) is 17.2 Å². The monoisotopic (exact) mass is 424 g/mol. The van der Waals surface area contributed by atoms with Gasteiger partial charge in [0.2, 0.25) is 0 Å². The zero-order chi connectivity index (χ0) is 20.0. The quantitative estimate of drug-likeness (QED) is 0.499. The highest BCUT2D eigenvalue weighted by molar-refractivity contribution is 6.42. The first-order valence-corrected chi connectivity index (χ1v) is 8.93. The summed E-state index contributed by atoms with van der Waals surface area (Å²) in [6.45, 7) is 2.37. The minimum absolute atomic E-state index is 0.191. The number of ether oxygens (including phenoxy) is 2. The minimum Gasteiger partial charge on any atom is -0.490 e. The molecule has 0 saturated carbocycles. The molecule has 0 bridgehead atoms. The lowest BCUT2D eigenvalue weighted by molar-refractivity contribution is -0.114. The van der Waals surface area contributed by atoms with Gasteiger partial charge < -0.3 is 15.2 Å². The van der Waals surface area contributed by atoms with E-state index in [1.807, 2.05) is 6.92 Å². The van der Waals surface area contributed by atoms with Crippen molar-refractivity contribution >= 4 is 46.8 Å². The van der Waals surface area contributed by atoms with Crippen LogP contribution in [0.5, 0.6) is 11.5 Å². The van der Waals surface area contributed by atoms with Gasteiger partial charge in [-0.15, -0.1) is 0 Å². The van der Waals surface area contributed by atoms with Crippen LogP contribution in [0.4, 0.5) is 0 Å². The molecule has 0 aliphatic carbocycles. The summed E-state index contributed by atoms with van der Waals surface area (Å²) in [6.07, 6.45) is 1.33. The lowest BCUT2D eigenvalue weighted by Gasteiger charge is -2.15. The molecule has 5 nitrogen and oxygen atoms in total. The molecule has 0 spiro atoms. The van der Waals surface area contributed by atoms with E-state index in [0.717, 1.165) is 5.56 Å². The van der Waals surface area contributed by atoms with Crippen molar-refractivity contribution < 1.29 is 14.3 Å². The third kappa shape index (κ3) is 5.54. The third-order valence-electron chi connectivity index (χ3n) is 3.40. The normalized spacial score (nSPS) is 11.0. The molecule has 0 fully saturated rings. The summed E-state index contributed by atoms with van der Waals surface area (Å²) in [5.41, 5.74) is 6.24. The zero-order valence-corrected chi connectivity index (χ0v) is 16.5. The fraction of sp³-hybridized carbons (Fsp3) is 0.158. The summed E-state index contributed by atoms with van der Waals surface area (Å²) < 4.78 is 11.4. The van der Waals surface area contributed by atoms with E-state index in [1.165, 1.54) is 6.08 Å². The number of nitrogens with two attached hydrogens (primary N) is 1. The molecular weight excluding hydrogens is 411 g/mol. The van der Waals surface area contributed by atoms with Crippen molar-refractivity contribution in [3.63, 3.8) is 0 Å². The molecule has 0 radical (unpaired) electrons. The SMILES string of the molecule is CCOc1cc(/C=C(\C#N)C(N)=O)cc(Cl)c1OCc1ccc(Cl)c(Cl)c1. The van der Waals surface area contributed by atoms with Crippen LogP contribution in [0, 0.1) is 11.3 Å². The standard InChI is InChI=1S/C19H15Cl3N2O3/c1-2-26-17-8-12(5-13(9-23)19(24)25)7-16(22)18(17)27-10-11-3-4-14(20)15(21)6-11/h3-8H,2,10H2,1H3,(H2,24,25)/b13-5+. The van der Waals surface area contributed by atoms with Crippen molar-refractivity contribution in [3.8, 4) is 17.6 Å². The second-order valence-electron chi connectivity index (χ2n) is 5.33. The number of hydrogen-bond donors (Lipinski definition) is 1. The highest BCUT2D eigenvalue weighted by Crippen LogP contribution is 2.38. The van der Waals surface area contributed by atoms with Crippen LogP contribution in [0.25, 0.3) is 6.08 Å². The van der Waals surface area contributed by atoms with E-state index in [2.05, 4.69) is 0 Å². The van der Waals surface area contributed by atoms with Crippen molar-refractivity contribution in [1.29, 1.82) is 5.26 Å². The third-order valence-corrected chi connectivity index (χ3v) is 4.42. The van der Waals surface area contributed by atoms with Crippen LogP contribution < -0.4 is 15.2 Å². The van der Waals surface area contributed by atoms with Crippen molar-refractivity contribution in [2.75, 3.05) is 6.61 Å². The van der Waals surface area contributed by atoms with E-state index in [4.69, 9.17) is 55.3 Å². The maximum absolute atomic E-state index is 11.2. The Kier molecular flexibility index (Phi) is 7.37. The molecule has 0 aliphatic heterocycles. The molecule has 0 heterocycles. The van der Waals surface area contributed by atoms with Gasteiger partial charge in [0, 0.05) is 0 Å². The molecule has 0 unspecified atom stereocenters. The molecule has 0 aliphatic rings. The van der Waals surface area contributed by atoms with E-state index in [0.29, 0.717) is 33.7 Å². The predicted octanol–water partition coefficient (Wildman–Crippen LogP) is 5.02. The molecule has 27 heavy (non-hydrogen) atoms. The fourth-order valence-electron chi connectivity index (χ4n) is 2.18. The van der Waals surface area contributed by atoms with Crippen LogP contribution in [0.15, 0.2) is 35.9 Å². The van der Waals surface area contributed by atoms with Gasteiger partial charge in [-0.25, -0.2) is 0 Å². The Morgan fingerprint density at radius 3 is 2.48 bits per heavy atom. The molecule has 0 aromatic heterocycles. The average molecular weight is 426 g/mol. The topological polar surface area (TPSA) is 85.3 Å². The summed E-state index contributed by atoms with van der Waals surface area (Å²) in [6, 6.07) is 10.1. The minimum atomic E-state index is -0.827. The van der Waals surface area contributed by atoms with Gasteiger partial charge in [-0.3, -0.25) is 4.79 Å². The largest absolute Gasteiger partial charge is 0.490 e. The molecule has 8 heteroatoms. The van der Waals surface area contributed by atoms with Gasteiger partial charge in [0.25, 0.3) is 5.91 Å². The maximum atomic E-state index is 11.2. The van der Waals surface area contributed by atoms with Crippen molar-refractivity contribution in [2.24, 2.45) is 5.73 Å². The molecule has 2 aromatic carbocycles. The molecular formula is C19H15Cl3N2O3. The summed E-state index contributed by atoms with van der Waals surface area (Å²) in [5, 5.41) is 10.1. The van der Waals surface area contributed by atoms with Crippen LogP contribution >= 0.6 is 34.8 Å². The first-order chi connectivity index (χ1) is 12.8.